The average Bonchev–Trinajstić information content (AvgIpc) is 3.10. The third-order valence-electron chi connectivity index (χ3n) is 3.35. The molecule has 0 aliphatic rings. The van der Waals surface area contributed by atoms with Crippen LogP contribution >= 0.6 is 0 Å². The molecular formula is C16H14N4O3. The summed E-state index contributed by atoms with van der Waals surface area (Å²) in [5, 5.41) is 2.70. The molecule has 0 aliphatic heterocycles. The van der Waals surface area contributed by atoms with E-state index in [2.05, 4.69) is 15.3 Å². The predicted molar refractivity (Wildman–Crippen MR) is 82.6 cm³/mol. The van der Waals surface area contributed by atoms with E-state index in [4.69, 9.17) is 4.42 Å². The summed E-state index contributed by atoms with van der Waals surface area (Å²) in [7, 11) is 1.60. The van der Waals surface area contributed by atoms with E-state index < -0.39 is 5.91 Å². The molecule has 3 aromatic heterocycles. The van der Waals surface area contributed by atoms with Crippen molar-refractivity contribution in [2.75, 3.05) is 0 Å². The highest BCUT2D eigenvalue weighted by Crippen LogP contribution is 2.19. The Bertz CT molecular complexity index is 884. The van der Waals surface area contributed by atoms with E-state index in [0.29, 0.717) is 11.4 Å². The molecule has 0 fully saturated rings. The van der Waals surface area contributed by atoms with Crippen LogP contribution in [0.3, 0.4) is 0 Å². The maximum absolute atomic E-state index is 12.2. The Balaban J connectivity index is 1.80. The third kappa shape index (κ3) is 3.03. The summed E-state index contributed by atoms with van der Waals surface area (Å²) < 4.78 is 6.40. The number of carbonyl (C=O) groups is 1. The summed E-state index contributed by atoms with van der Waals surface area (Å²) in [5.41, 5.74) is 1.73. The van der Waals surface area contributed by atoms with Gasteiger partial charge in [0.2, 0.25) is 0 Å². The van der Waals surface area contributed by atoms with E-state index >= 15 is 0 Å². The van der Waals surface area contributed by atoms with Gasteiger partial charge in [0.15, 0.2) is 0 Å². The van der Waals surface area contributed by atoms with Gasteiger partial charge in [0.25, 0.3) is 11.5 Å². The zero-order chi connectivity index (χ0) is 16.2. The molecule has 116 valence electrons. The number of hydrogen-bond donors (Lipinski definition) is 1. The van der Waals surface area contributed by atoms with Crippen LogP contribution in [0.2, 0.25) is 0 Å². The van der Waals surface area contributed by atoms with Crippen LogP contribution in [0.4, 0.5) is 0 Å². The van der Waals surface area contributed by atoms with Crippen molar-refractivity contribution in [3.05, 3.63) is 70.9 Å². The van der Waals surface area contributed by atoms with Crippen LogP contribution in [0.5, 0.6) is 0 Å². The van der Waals surface area contributed by atoms with Crippen molar-refractivity contribution in [2.45, 2.75) is 6.54 Å². The zero-order valence-corrected chi connectivity index (χ0v) is 12.4. The van der Waals surface area contributed by atoms with E-state index in [1.165, 1.54) is 10.6 Å². The Hall–Kier alpha value is -3.22. The van der Waals surface area contributed by atoms with E-state index in [1.54, 1.807) is 50.3 Å². The SMILES string of the molecule is Cn1cccc(C(=O)NCc2nccnc2-c2ccoc2)c1=O. The van der Waals surface area contributed by atoms with Crippen molar-refractivity contribution in [1.82, 2.24) is 19.9 Å². The van der Waals surface area contributed by atoms with E-state index in [0.717, 1.165) is 5.56 Å². The molecule has 3 rings (SSSR count). The number of aryl methyl sites for hydroxylation is 1. The predicted octanol–water partition coefficient (Wildman–Crippen LogP) is 1.37. The lowest BCUT2D eigenvalue weighted by Gasteiger charge is -2.08. The molecule has 7 heteroatoms. The Morgan fingerprint density at radius 2 is 2.13 bits per heavy atom. The average molecular weight is 310 g/mol. The fraction of sp³-hybridized carbons (Fsp3) is 0.125. The van der Waals surface area contributed by atoms with Crippen molar-refractivity contribution in [2.24, 2.45) is 7.05 Å². The van der Waals surface area contributed by atoms with E-state index in [9.17, 15) is 9.59 Å². The molecule has 0 radical (unpaired) electrons. The monoisotopic (exact) mass is 310 g/mol. The number of pyridine rings is 1. The summed E-state index contributed by atoms with van der Waals surface area (Å²) in [6, 6.07) is 4.91. The largest absolute Gasteiger partial charge is 0.472 e. The summed E-state index contributed by atoms with van der Waals surface area (Å²) in [5.74, 6) is -0.449. The molecule has 0 saturated carbocycles. The number of nitrogens with zero attached hydrogens (tertiary/aromatic N) is 3. The second-order valence-corrected chi connectivity index (χ2v) is 4.88. The lowest BCUT2D eigenvalue weighted by molar-refractivity contribution is 0.0948. The number of amides is 1. The minimum atomic E-state index is -0.449. The van der Waals surface area contributed by atoms with Crippen LogP contribution in [-0.4, -0.2) is 20.4 Å². The second-order valence-electron chi connectivity index (χ2n) is 4.88. The summed E-state index contributed by atoms with van der Waals surface area (Å²) in [6.45, 7) is 0.158. The summed E-state index contributed by atoms with van der Waals surface area (Å²) in [4.78, 5) is 32.6. The molecule has 7 nitrogen and oxygen atoms in total. The third-order valence-corrected chi connectivity index (χ3v) is 3.35. The molecule has 0 saturated heterocycles. The van der Waals surface area contributed by atoms with Crippen molar-refractivity contribution >= 4 is 5.91 Å². The fourth-order valence-electron chi connectivity index (χ4n) is 2.17. The van der Waals surface area contributed by atoms with Gasteiger partial charge in [-0.1, -0.05) is 0 Å². The highest BCUT2D eigenvalue weighted by atomic mass is 16.3. The van der Waals surface area contributed by atoms with Crippen LogP contribution in [0.25, 0.3) is 11.3 Å². The lowest BCUT2D eigenvalue weighted by Crippen LogP contribution is -2.31. The Kier molecular flexibility index (Phi) is 4.01. The number of nitrogens with one attached hydrogen (secondary N) is 1. The van der Waals surface area contributed by atoms with E-state index in [-0.39, 0.29) is 17.7 Å². The number of furan rings is 1. The van der Waals surface area contributed by atoms with Crippen molar-refractivity contribution < 1.29 is 9.21 Å². The van der Waals surface area contributed by atoms with Gasteiger partial charge in [-0.3, -0.25) is 19.6 Å². The first-order valence-electron chi connectivity index (χ1n) is 6.93. The van der Waals surface area contributed by atoms with Gasteiger partial charge in [0.1, 0.15) is 5.56 Å². The first-order chi connectivity index (χ1) is 11.2. The highest BCUT2D eigenvalue weighted by Gasteiger charge is 2.13. The van der Waals surface area contributed by atoms with Crippen LogP contribution in [0.1, 0.15) is 16.1 Å². The fourth-order valence-corrected chi connectivity index (χ4v) is 2.17. The number of carbonyl (C=O) groups excluding carboxylic acids is 1. The smallest absolute Gasteiger partial charge is 0.263 e. The maximum atomic E-state index is 12.2. The normalized spacial score (nSPS) is 10.5. The maximum Gasteiger partial charge on any atom is 0.263 e. The zero-order valence-electron chi connectivity index (χ0n) is 12.4. The number of aromatic nitrogens is 3. The standard InChI is InChI=1S/C16H14N4O3/c1-20-7-2-3-12(16(20)22)15(21)19-9-13-14(18-6-5-17-13)11-4-8-23-10-11/h2-8,10H,9H2,1H3,(H,19,21). The summed E-state index contributed by atoms with van der Waals surface area (Å²) >= 11 is 0. The highest BCUT2D eigenvalue weighted by molar-refractivity contribution is 5.93. The Morgan fingerprint density at radius 1 is 1.30 bits per heavy atom. The molecule has 0 bridgehead atoms. The van der Waals surface area contributed by atoms with Gasteiger partial charge in [-0.25, -0.2) is 0 Å². The number of hydrogen-bond acceptors (Lipinski definition) is 5. The molecule has 0 unspecified atom stereocenters. The lowest BCUT2D eigenvalue weighted by atomic mass is 10.2. The van der Waals surface area contributed by atoms with Gasteiger partial charge in [0.05, 0.1) is 30.5 Å². The van der Waals surface area contributed by atoms with Crippen LogP contribution in [-0.2, 0) is 13.6 Å². The van der Waals surface area contributed by atoms with E-state index in [1.807, 2.05) is 0 Å². The molecule has 3 aromatic rings. The van der Waals surface area contributed by atoms with Crippen molar-refractivity contribution in [3.8, 4) is 11.3 Å². The molecular weight excluding hydrogens is 296 g/mol. The van der Waals surface area contributed by atoms with Gasteiger partial charge in [0, 0.05) is 31.2 Å². The molecule has 0 atom stereocenters. The Labute approximate surface area is 131 Å². The molecule has 1 amide bonds. The topological polar surface area (TPSA) is 90.0 Å². The molecule has 23 heavy (non-hydrogen) atoms. The van der Waals surface area contributed by atoms with Crippen LogP contribution in [0.15, 0.2) is 58.5 Å². The molecule has 1 N–H and O–H groups in total. The molecule has 0 aromatic carbocycles. The Morgan fingerprint density at radius 3 is 2.91 bits per heavy atom. The summed E-state index contributed by atoms with van der Waals surface area (Å²) in [6.07, 6.45) is 7.81. The van der Waals surface area contributed by atoms with Gasteiger partial charge in [-0.05, 0) is 18.2 Å². The van der Waals surface area contributed by atoms with Crippen molar-refractivity contribution in [1.29, 1.82) is 0 Å². The molecule has 0 spiro atoms. The van der Waals surface area contributed by atoms with Crippen LogP contribution < -0.4 is 10.9 Å². The minimum absolute atomic E-state index is 0.0868. The van der Waals surface area contributed by atoms with Gasteiger partial charge < -0.3 is 14.3 Å². The van der Waals surface area contributed by atoms with Gasteiger partial charge in [-0.15, -0.1) is 0 Å². The first kappa shape index (κ1) is 14.7. The molecule has 3 heterocycles. The first-order valence-corrected chi connectivity index (χ1v) is 6.93. The minimum Gasteiger partial charge on any atom is -0.472 e. The molecule has 0 aliphatic carbocycles. The van der Waals surface area contributed by atoms with Gasteiger partial charge >= 0.3 is 0 Å². The van der Waals surface area contributed by atoms with Crippen LogP contribution in [0, 0.1) is 0 Å². The number of rotatable bonds is 4. The van der Waals surface area contributed by atoms with Crippen molar-refractivity contribution in [3.63, 3.8) is 0 Å². The quantitative estimate of drug-likeness (QED) is 0.786. The second kappa shape index (κ2) is 6.27. The van der Waals surface area contributed by atoms with Gasteiger partial charge in [-0.2, -0.15) is 0 Å².